The molecule has 0 spiro atoms. The Morgan fingerprint density at radius 2 is 1.30 bits per heavy atom. The third kappa shape index (κ3) is 4.54. The van der Waals surface area contributed by atoms with Crippen LogP contribution in [0.5, 0.6) is 0 Å². The summed E-state index contributed by atoms with van der Waals surface area (Å²) in [6.07, 6.45) is 0.386. The molecule has 1 atom stereocenters. The first-order valence-corrected chi connectivity index (χ1v) is 10.4. The summed E-state index contributed by atoms with van der Waals surface area (Å²) in [4.78, 5) is 12.5. The summed E-state index contributed by atoms with van der Waals surface area (Å²) in [6, 6.07) is 27.3. The van der Waals surface area contributed by atoms with Crippen LogP contribution in [0.2, 0.25) is 0 Å². The van der Waals surface area contributed by atoms with Crippen LogP contribution < -0.4 is 15.7 Å². The van der Waals surface area contributed by atoms with Crippen molar-refractivity contribution in [3.05, 3.63) is 96.6 Å². The number of nitrogens with one attached hydrogen (secondary N) is 1. The van der Waals surface area contributed by atoms with Gasteiger partial charge in [0.15, 0.2) is 0 Å². The largest absolute Gasteiger partial charge is 0.468 e. The van der Waals surface area contributed by atoms with Crippen LogP contribution >= 0.6 is 7.29 Å². The molecule has 0 heterocycles. The van der Waals surface area contributed by atoms with E-state index in [4.69, 9.17) is 4.74 Å². The summed E-state index contributed by atoms with van der Waals surface area (Å²) in [7, 11) is -1.89. The molecule has 0 aliphatic carbocycles. The quantitative estimate of drug-likeness (QED) is 0.506. The number of hydrogen-bond acceptors (Lipinski definition) is 3. The predicted molar refractivity (Wildman–Crippen MR) is 109 cm³/mol. The molecule has 0 saturated carbocycles. The first-order chi connectivity index (χ1) is 13.1. The van der Waals surface area contributed by atoms with E-state index in [1.54, 1.807) is 0 Å². The summed E-state index contributed by atoms with van der Waals surface area (Å²) in [6.45, 7) is 0. The maximum atomic E-state index is 14.1. The third-order valence-electron chi connectivity index (χ3n) is 4.35. The molecule has 3 aromatic rings. The third-order valence-corrected chi connectivity index (χ3v) is 7.07. The number of hydrogen-bond donors (Lipinski definition) is 1. The number of rotatable bonds is 7. The van der Waals surface area contributed by atoms with Crippen LogP contribution in [0, 0.1) is 0 Å². The van der Waals surface area contributed by atoms with E-state index in [0.29, 0.717) is 17.0 Å². The Balaban J connectivity index is 2.00. The molecular formula is C22H22NO3P. The topological polar surface area (TPSA) is 55.4 Å². The smallest absolute Gasteiger partial charge is 0.323 e. The molecule has 138 valence electrons. The van der Waals surface area contributed by atoms with E-state index < -0.39 is 19.3 Å². The van der Waals surface area contributed by atoms with Crippen LogP contribution in [-0.2, 0) is 20.5 Å². The standard InChI is InChI=1S/C22H22NO3P/c1-26-22(24)21(17-18-11-5-2-6-12-18)23-27(25,19-13-7-3-8-14-19)20-15-9-4-10-16-20/h2-16,21H,17H2,1H3,(H,23,25). The van der Waals surface area contributed by atoms with Crippen LogP contribution in [-0.4, -0.2) is 19.1 Å². The van der Waals surface area contributed by atoms with Crippen molar-refractivity contribution in [3.63, 3.8) is 0 Å². The number of ether oxygens (including phenoxy) is 1. The van der Waals surface area contributed by atoms with Crippen LogP contribution in [0.15, 0.2) is 91.0 Å². The highest BCUT2D eigenvalue weighted by molar-refractivity contribution is 7.77. The van der Waals surface area contributed by atoms with E-state index >= 15 is 0 Å². The molecule has 0 radical (unpaired) electrons. The van der Waals surface area contributed by atoms with Gasteiger partial charge in [-0.1, -0.05) is 66.7 Å². The van der Waals surface area contributed by atoms with Gasteiger partial charge in [-0.25, -0.2) is 5.09 Å². The van der Waals surface area contributed by atoms with Crippen LogP contribution in [0.4, 0.5) is 0 Å². The van der Waals surface area contributed by atoms with E-state index in [9.17, 15) is 9.36 Å². The minimum Gasteiger partial charge on any atom is -0.468 e. The Bertz CT molecular complexity index is 871. The Morgan fingerprint density at radius 1 is 0.852 bits per heavy atom. The van der Waals surface area contributed by atoms with E-state index in [1.165, 1.54) is 7.11 Å². The molecule has 4 nitrogen and oxygen atoms in total. The van der Waals surface area contributed by atoms with Gasteiger partial charge in [-0.15, -0.1) is 0 Å². The molecule has 0 aliphatic heterocycles. The second kappa shape index (κ2) is 8.81. The fourth-order valence-electron chi connectivity index (χ4n) is 2.97. The number of esters is 1. The van der Waals surface area contributed by atoms with Crippen LogP contribution in [0.1, 0.15) is 5.56 Å². The lowest BCUT2D eigenvalue weighted by Gasteiger charge is -2.25. The van der Waals surface area contributed by atoms with Gasteiger partial charge in [0.2, 0.25) is 7.29 Å². The van der Waals surface area contributed by atoms with Gasteiger partial charge < -0.3 is 4.74 Å². The Kier molecular flexibility index (Phi) is 6.23. The highest BCUT2D eigenvalue weighted by atomic mass is 31.2. The first-order valence-electron chi connectivity index (χ1n) is 8.74. The van der Waals surface area contributed by atoms with Gasteiger partial charge in [-0.3, -0.25) is 9.36 Å². The van der Waals surface area contributed by atoms with Gasteiger partial charge in [-0.05, 0) is 36.2 Å². The van der Waals surface area contributed by atoms with E-state index in [2.05, 4.69) is 5.09 Å². The Labute approximate surface area is 159 Å². The highest BCUT2D eigenvalue weighted by Crippen LogP contribution is 2.39. The Morgan fingerprint density at radius 3 is 1.74 bits per heavy atom. The van der Waals surface area contributed by atoms with Crippen molar-refractivity contribution in [2.75, 3.05) is 7.11 Å². The molecule has 0 aliphatic rings. The highest BCUT2D eigenvalue weighted by Gasteiger charge is 2.33. The molecule has 3 aromatic carbocycles. The van der Waals surface area contributed by atoms with E-state index in [1.807, 2.05) is 91.0 Å². The zero-order valence-electron chi connectivity index (χ0n) is 15.1. The summed E-state index contributed by atoms with van der Waals surface area (Å²) >= 11 is 0. The Hall–Kier alpha value is -2.68. The lowest BCUT2D eigenvalue weighted by atomic mass is 10.1. The molecule has 0 fully saturated rings. The lowest BCUT2D eigenvalue weighted by molar-refractivity contribution is -0.142. The minimum atomic E-state index is -3.24. The zero-order chi connectivity index (χ0) is 19.1. The first kappa shape index (κ1) is 19.1. The van der Waals surface area contributed by atoms with Gasteiger partial charge in [0.1, 0.15) is 6.04 Å². The minimum absolute atomic E-state index is 0.386. The monoisotopic (exact) mass is 379 g/mol. The number of methoxy groups -OCH3 is 1. The molecule has 1 N–H and O–H groups in total. The maximum absolute atomic E-state index is 14.1. The summed E-state index contributed by atoms with van der Waals surface area (Å²) in [5.74, 6) is -0.439. The molecule has 0 saturated heterocycles. The molecule has 1 unspecified atom stereocenters. The van der Waals surface area contributed by atoms with Gasteiger partial charge in [0.05, 0.1) is 7.11 Å². The van der Waals surface area contributed by atoms with Crippen LogP contribution in [0.3, 0.4) is 0 Å². The molecule has 3 rings (SSSR count). The van der Waals surface area contributed by atoms with Gasteiger partial charge in [0.25, 0.3) is 0 Å². The second-order valence-electron chi connectivity index (χ2n) is 6.17. The van der Waals surface area contributed by atoms with Gasteiger partial charge in [-0.2, -0.15) is 0 Å². The summed E-state index contributed by atoms with van der Waals surface area (Å²) < 4.78 is 19.1. The molecule has 0 bridgehead atoms. The summed E-state index contributed by atoms with van der Waals surface area (Å²) in [5, 5.41) is 4.45. The molecule has 5 heteroatoms. The van der Waals surface area contributed by atoms with Crippen molar-refractivity contribution in [1.29, 1.82) is 0 Å². The lowest BCUT2D eigenvalue weighted by Crippen LogP contribution is -2.42. The molecule has 0 aromatic heterocycles. The maximum Gasteiger partial charge on any atom is 0.323 e. The summed E-state index contributed by atoms with van der Waals surface area (Å²) in [5.41, 5.74) is 0.966. The fourth-order valence-corrected chi connectivity index (χ4v) is 5.38. The fraction of sp³-hybridized carbons (Fsp3) is 0.136. The van der Waals surface area contributed by atoms with Gasteiger partial charge >= 0.3 is 5.97 Å². The molecular weight excluding hydrogens is 357 g/mol. The van der Waals surface area contributed by atoms with Crippen molar-refractivity contribution in [2.24, 2.45) is 0 Å². The van der Waals surface area contributed by atoms with Crippen molar-refractivity contribution >= 4 is 23.9 Å². The average molecular weight is 379 g/mol. The second-order valence-corrected chi connectivity index (χ2v) is 8.68. The normalized spacial score (nSPS) is 12.3. The van der Waals surface area contributed by atoms with Crippen LogP contribution in [0.25, 0.3) is 0 Å². The van der Waals surface area contributed by atoms with Crippen molar-refractivity contribution < 1.29 is 14.1 Å². The van der Waals surface area contributed by atoms with E-state index in [-0.39, 0.29) is 0 Å². The SMILES string of the molecule is COC(=O)C(Cc1ccccc1)NP(=O)(c1ccccc1)c1ccccc1. The number of carbonyl (C=O) groups excluding carboxylic acids is 1. The van der Waals surface area contributed by atoms with E-state index in [0.717, 1.165) is 5.56 Å². The van der Waals surface area contributed by atoms with Crippen molar-refractivity contribution in [1.82, 2.24) is 5.09 Å². The van der Waals surface area contributed by atoms with Crippen molar-refractivity contribution in [2.45, 2.75) is 12.5 Å². The zero-order valence-corrected chi connectivity index (χ0v) is 16.0. The van der Waals surface area contributed by atoms with Gasteiger partial charge in [0, 0.05) is 10.6 Å². The number of carbonyl (C=O) groups is 1. The number of benzene rings is 3. The predicted octanol–water partition coefficient (Wildman–Crippen LogP) is 3.29. The molecule has 27 heavy (non-hydrogen) atoms. The average Bonchev–Trinajstić information content (AvgIpc) is 2.74. The van der Waals surface area contributed by atoms with Crippen molar-refractivity contribution in [3.8, 4) is 0 Å². The molecule has 0 amide bonds.